The van der Waals surface area contributed by atoms with Gasteiger partial charge in [0.2, 0.25) is 10.0 Å². The van der Waals surface area contributed by atoms with E-state index in [4.69, 9.17) is 0 Å². The molecular formula is C23H29N3O3S. The van der Waals surface area contributed by atoms with Crippen molar-refractivity contribution in [2.45, 2.75) is 36.6 Å². The predicted molar refractivity (Wildman–Crippen MR) is 118 cm³/mol. The second-order valence-electron chi connectivity index (χ2n) is 8.11. The lowest BCUT2D eigenvalue weighted by Crippen LogP contribution is -2.42. The van der Waals surface area contributed by atoms with Crippen LogP contribution in [-0.4, -0.2) is 63.4 Å². The van der Waals surface area contributed by atoms with Crippen LogP contribution in [0.2, 0.25) is 0 Å². The highest BCUT2D eigenvalue weighted by Gasteiger charge is 2.31. The highest BCUT2D eigenvalue weighted by molar-refractivity contribution is 7.89. The molecule has 1 N–H and O–H groups in total. The molecule has 4 rings (SSSR count). The van der Waals surface area contributed by atoms with Crippen molar-refractivity contribution >= 4 is 15.9 Å². The molecule has 30 heavy (non-hydrogen) atoms. The quantitative estimate of drug-likeness (QED) is 0.770. The smallest absolute Gasteiger partial charge is 0.254 e. The Morgan fingerprint density at radius 1 is 0.933 bits per heavy atom. The SMILES string of the molecule is CNS(=O)(=O)c1ccc(-c2ccc(C(=O)N3CCCC3CN3CCCC3)cc2)cc1. The average molecular weight is 428 g/mol. The summed E-state index contributed by atoms with van der Waals surface area (Å²) in [6, 6.07) is 14.7. The van der Waals surface area contributed by atoms with E-state index in [2.05, 4.69) is 9.62 Å². The molecule has 2 aromatic carbocycles. The van der Waals surface area contributed by atoms with Crippen LogP contribution in [0.15, 0.2) is 53.4 Å². The van der Waals surface area contributed by atoms with Gasteiger partial charge in [-0.25, -0.2) is 13.1 Å². The molecule has 1 amide bonds. The number of carbonyl (C=O) groups excluding carboxylic acids is 1. The lowest BCUT2D eigenvalue weighted by Gasteiger charge is -2.28. The van der Waals surface area contributed by atoms with Crippen molar-refractivity contribution < 1.29 is 13.2 Å². The fourth-order valence-electron chi connectivity index (χ4n) is 4.47. The van der Waals surface area contributed by atoms with Crippen molar-refractivity contribution in [2.75, 3.05) is 33.2 Å². The molecule has 2 heterocycles. The van der Waals surface area contributed by atoms with E-state index in [-0.39, 0.29) is 10.8 Å². The van der Waals surface area contributed by atoms with E-state index in [0.717, 1.165) is 50.1 Å². The van der Waals surface area contributed by atoms with Gasteiger partial charge >= 0.3 is 0 Å². The summed E-state index contributed by atoms with van der Waals surface area (Å²) in [4.78, 5) is 17.9. The van der Waals surface area contributed by atoms with Gasteiger partial charge in [0.15, 0.2) is 0 Å². The fourth-order valence-corrected chi connectivity index (χ4v) is 5.20. The van der Waals surface area contributed by atoms with Crippen LogP contribution in [0.1, 0.15) is 36.0 Å². The molecule has 0 aromatic heterocycles. The monoisotopic (exact) mass is 427 g/mol. The minimum absolute atomic E-state index is 0.110. The van der Waals surface area contributed by atoms with E-state index in [1.54, 1.807) is 24.3 Å². The molecule has 1 unspecified atom stereocenters. The van der Waals surface area contributed by atoms with Crippen molar-refractivity contribution in [3.05, 3.63) is 54.1 Å². The molecule has 7 heteroatoms. The van der Waals surface area contributed by atoms with Gasteiger partial charge in [0.05, 0.1) is 4.90 Å². The number of likely N-dealkylation sites (tertiary alicyclic amines) is 2. The van der Waals surface area contributed by atoms with Crippen molar-refractivity contribution in [1.29, 1.82) is 0 Å². The Kier molecular flexibility index (Phi) is 6.22. The fraction of sp³-hybridized carbons (Fsp3) is 0.435. The molecule has 0 radical (unpaired) electrons. The number of benzene rings is 2. The number of amides is 1. The second kappa shape index (κ2) is 8.88. The molecule has 0 aliphatic carbocycles. The van der Waals surface area contributed by atoms with E-state index in [1.807, 2.05) is 29.2 Å². The molecule has 6 nitrogen and oxygen atoms in total. The Morgan fingerprint density at radius 2 is 1.53 bits per heavy atom. The Labute approximate surface area is 178 Å². The van der Waals surface area contributed by atoms with Crippen molar-refractivity contribution in [3.63, 3.8) is 0 Å². The maximum Gasteiger partial charge on any atom is 0.254 e. The summed E-state index contributed by atoms with van der Waals surface area (Å²) < 4.78 is 26.1. The zero-order chi connectivity index (χ0) is 21.1. The van der Waals surface area contributed by atoms with E-state index >= 15 is 0 Å². The van der Waals surface area contributed by atoms with Gasteiger partial charge in [0.1, 0.15) is 0 Å². The number of nitrogens with zero attached hydrogens (tertiary/aromatic N) is 2. The molecule has 0 spiro atoms. The highest BCUT2D eigenvalue weighted by atomic mass is 32.2. The Balaban J connectivity index is 1.45. The number of hydrogen-bond acceptors (Lipinski definition) is 4. The number of carbonyl (C=O) groups is 1. The topological polar surface area (TPSA) is 69.7 Å². The first-order chi connectivity index (χ1) is 14.5. The van der Waals surface area contributed by atoms with Crippen molar-refractivity contribution in [3.8, 4) is 11.1 Å². The Bertz CT molecular complexity index is 981. The summed E-state index contributed by atoms with van der Waals surface area (Å²) in [7, 11) is -2.04. The molecule has 0 bridgehead atoms. The van der Waals surface area contributed by atoms with E-state index < -0.39 is 10.0 Å². The molecule has 2 saturated heterocycles. The van der Waals surface area contributed by atoms with Crippen LogP contribution < -0.4 is 4.72 Å². The molecular weight excluding hydrogens is 398 g/mol. The number of sulfonamides is 1. The van der Waals surface area contributed by atoms with Crippen LogP contribution in [0.5, 0.6) is 0 Å². The summed E-state index contributed by atoms with van der Waals surface area (Å²) in [5, 5.41) is 0. The van der Waals surface area contributed by atoms with Gasteiger partial charge in [-0.1, -0.05) is 24.3 Å². The van der Waals surface area contributed by atoms with E-state index in [1.165, 1.54) is 19.9 Å². The van der Waals surface area contributed by atoms with Crippen molar-refractivity contribution in [1.82, 2.24) is 14.5 Å². The zero-order valence-corrected chi connectivity index (χ0v) is 18.2. The summed E-state index contributed by atoms with van der Waals surface area (Å²) >= 11 is 0. The third-order valence-corrected chi connectivity index (χ3v) is 7.63. The van der Waals surface area contributed by atoms with Crippen LogP contribution in [0, 0.1) is 0 Å². The van der Waals surface area contributed by atoms with Crippen LogP contribution in [-0.2, 0) is 10.0 Å². The third kappa shape index (κ3) is 4.43. The molecule has 2 fully saturated rings. The summed E-state index contributed by atoms with van der Waals surface area (Å²) in [5.74, 6) is 0.110. The lowest BCUT2D eigenvalue weighted by atomic mass is 10.0. The Hall–Kier alpha value is -2.22. The first kappa shape index (κ1) is 21.0. The largest absolute Gasteiger partial charge is 0.334 e. The van der Waals surface area contributed by atoms with Gasteiger partial charge in [-0.2, -0.15) is 0 Å². The maximum atomic E-state index is 13.1. The van der Waals surface area contributed by atoms with Crippen LogP contribution in [0.3, 0.4) is 0 Å². The van der Waals surface area contributed by atoms with Crippen LogP contribution in [0.25, 0.3) is 11.1 Å². The van der Waals surface area contributed by atoms with E-state index in [9.17, 15) is 13.2 Å². The van der Waals surface area contributed by atoms with Crippen LogP contribution >= 0.6 is 0 Å². The molecule has 0 saturated carbocycles. The molecule has 2 aliphatic rings. The second-order valence-corrected chi connectivity index (χ2v) is 10.00. The minimum Gasteiger partial charge on any atom is -0.334 e. The molecule has 160 valence electrons. The standard InChI is InChI=1S/C23H29N3O3S/c1-24-30(28,29)22-12-10-19(11-13-22)18-6-8-20(9-7-18)23(27)26-16-4-5-21(26)17-25-14-2-3-15-25/h6-13,21,24H,2-5,14-17H2,1H3. The van der Waals surface area contributed by atoms with E-state index in [0.29, 0.717) is 11.6 Å². The molecule has 2 aromatic rings. The van der Waals surface area contributed by atoms with Gasteiger partial charge in [-0.05, 0) is 81.2 Å². The number of hydrogen-bond donors (Lipinski definition) is 1. The van der Waals surface area contributed by atoms with Gasteiger partial charge in [-0.3, -0.25) is 4.79 Å². The van der Waals surface area contributed by atoms with Gasteiger partial charge < -0.3 is 9.80 Å². The van der Waals surface area contributed by atoms with Crippen molar-refractivity contribution in [2.24, 2.45) is 0 Å². The first-order valence-electron chi connectivity index (χ1n) is 10.7. The van der Waals surface area contributed by atoms with Crippen LogP contribution in [0.4, 0.5) is 0 Å². The number of rotatable bonds is 6. The van der Waals surface area contributed by atoms with Gasteiger partial charge in [0.25, 0.3) is 5.91 Å². The summed E-state index contributed by atoms with van der Waals surface area (Å²) in [5.41, 5.74) is 2.58. The lowest BCUT2D eigenvalue weighted by molar-refractivity contribution is 0.0709. The minimum atomic E-state index is -3.44. The average Bonchev–Trinajstić information content (AvgIpc) is 3.46. The van der Waals surface area contributed by atoms with Gasteiger partial charge in [-0.15, -0.1) is 0 Å². The Morgan fingerprint density at radius 3 is 2.13 bits per heavy atom. The zero-order valence-electron chi connectivity index (χ0n) is 17.4. The third-order valence-electron chi connectivity index (χ3n) is 6.20. The molecule has 2 aliphatic heterocycles. The normalized spacial score (nSPS) is 20.0. The number of nitrogens with one attached hydrogen (secondary N) is 1. The summed E-state index contributed by atoms with van der Waals surface area (Å²) in [6.07, 6.45) is 4.69. The highest BCUT2D eigenvalue weighted by Crippen LogP contribution is 2.25. The first-order valence-corrected chi connectivity index (χ1v) is 12.1. The summed E-state index contributed by atoms with van der Waals surface area (Å²) in [6.45, 7) is 4.13. The molecule has 1 atom stereocenters. The maximum absolute atomic E-state index is 13.1. The van der Waals surface area contributed by atoms with Gasteiger partial charge in [0, 0.05) is 24.7 Å². The predicted octanol–water partition coefficient (Wildman–Crippen LogP) is 2.96.